The van der Waals surface area contributed by atoms with Crippen LogP contribution in [0.2, 0.25) is 0 Å². The smallest absolute Gasteiger partial charge is 0.165 e. The van der Waals surface area contributed by atoms with Crippen molar-refractivity contribution in [3.05, 3.63) is 29.6 Å². The van der Waals surface area contributed by atoms with Gasteiger partial charge in [-0.3, -0.25) is 11.3 Å². The highest BCUT2D eigenvalue weighted by atomic mass is 19.1. The molecule has 0 aliphatic heterocycles. The van der Waals surface area contributed by atoms with Gasteiger partial charge in [-0.05, 0) is 54.7 Å². The van der Waals surface area contributed by atoms with E-state index in [1.54, 1.807) is 6.07 Å². The van der Waals surface area contributed by atoms with E-state index in [9.17, 15) is 4.39 Å². The van der Waals surface area contributed by atoms with Crippen LogP contribution in [0.4, 0.5) is 4.39 Å². The summed E-state index contributed by atoms with van der Waals surface area (Å²) in [6, 6.07) is 5.10. The highest BCUT2D eigenvalue weighted by molar-refractivity contribution is 5.31. The van der Waals surface area contributed by atoms with E-state index in [1.807, 2.05) is 6.07 Å². The number of nitrogens with two attached hydrogens (primary N) is 1. The van der Waals surface area contributed by atoms with Crippen molar-refractivity contribution in [2.75, 3.05) is 7.11 Å². The maximum absolute atomic E-state index is 13.8. The molecule has 1 aromatic rings. The Morgan fingerprint density at radius 2 is 2.00 bits per heavy atom. The number of hydrogen-bond donors (Lipinski definition) is 2. The summed E-state index contributed by atoms with van der Waals surface area (Å²) in [7, 11) is 1.47. The second kappa shape index (κ2) is 6.10. The maximum Gasteiger partial charge on any atom is 0.165 e. The summed E-state index contributed by atoms with van der Waals surface area (Å²) in [5.41, 5.74) is 4.19. The van der Waals surface area contributed by atoms with Crippen LogP contribution in [0.25, 0.3) is 0 Å². The number of hydrogen-bond acceptors (Lipinski definition) is 3. The van der Waals surface area contributed by atoms with Gasteiger partial charge in [0, 0.05) is 6.04 Å². The first-order valence-corrected chi connectivity index (χ1v) is 7.26. The molecule has 1 aromatic carbocycles. The average molecular weight is 280 g/mol. The molecule has 1 aliphatic rings. The molecule has 112 valence electrons. The minimum Gasteiger partial charge on any atom is -0.494 e. The number of halogens is 1. The fourth-order valence-corrected chi connectivity index (χ4v) is 3.14. The first kappa shape index (κ1) is 15.3. The molecule has 1 fully saturated rings. The van der Waals surface area contributed by atoms with E-state index >= 15 is 0 Å². The van der Waals surface area contributed by atoms with Gasteiger partial charge >= 0.3 is 0 Å². The van der Waals surface area contributed by atoms with Crippen LogP contribution >= 0.6 is 0 Å². The molecule has 0 bridgehead atoms. The molecule has 0 heterocycles. The molecule has 0 amide bonds. The molecule has 2 rings (SSSR count). The van der Waals surface area contributed by atoms with Crippen molar-refractivity contribution in [2.24, 2.45) is 17.2 Å². The summed E-state index contributed by atoms with van der Waals surface area (Å²) in [5.74, 6) is 6.12. The average Bonchev–Trinajstić information content (AvgIpc) is 2.41. The van der Waals surface area contributed by atoms with Crippen LogP contribution in [0.15, 0.2) is 18.2 Å². The van der Waals surface area contributed by atoms with Crippen molar-refractivity contribution < 1.29 is 9.13 Å². The zero-order valence-electron chi connectivity index (χ0n) is 12.6. The summed E-state index contributed by atoms with van der Waals surface area (Å²) in [6.07, 6.45) is 4.62. The van der Waals surface area contributed by atoms with E-state index in [1.165, 1.54) is 26.0 Å². The van der Waals surface area contributed by atoms with Crippen LogP contribution in [0.1, 0.15) is 51.1 Å². The van der Waals surface area contributed by atoms with Gasteiger partial charge in [0.2, 0.25) is 0 Å². The van der Waals surface area contributed by atoms with Gasteiger partial charge in [0.15, 0.2) is 11.6 Å². The van der Waals surface area contributed by atoms with Crippen LogP contribution in [0.3, 0.4) is 0 Å². The van der Waals surface area contributed by atoms with Gasteiger partial charge in [0.05, 0.1) is 7.11 Å². The molecule has 20 heavy (non-hydrogen) atoms. The Morgan fingerprint density at radius 3 is 2.50 bits per heavy atom. The summed E-state index contributed by atoms with van der Waals surface area (Å²) in [4.78, 5) is 0. The Kier molecular flexibility index (Phi) is 4.66. The fraction of sp³-hybridized carbons (Fsp3) is 0.625. The Hall–Kier alpha value is -1.13. The highest BCUT2D eigenvalue weighted by Crippen LogP contribution is 2.42. The molecule has 1 atom stereocenters. The number of methoxy groups -OCH3 is 1. The third-order valence-corrected chi connectivity index (χ3v) is 4.57. The maximum atomic E-state index is 13.8. The molecule has 0 aromatic heterocycles. The molecule has 4 heteroatoms. The molecule has 1 saturated carbocycles. The molecular weight excluding hydrogens is 255 g/mol. The van der Waals surface area contributed by atoms with Gasteiger partial charge in [-0.25, -0.2) is 4.39 Å². The van der Waals surface area contributed by atoms with E-state index in [0.717, 1.165) is 18.4 Å². The van der Waals surface area contributed by atoms with Crippen molar-refractivity contribution in [1.82, 2.24) is 5.43 Å². The molecule has 0 radical (unpaired) electrons. The van der Waals surface area contributed by atoms with E-state index in [2.05, 4.69) is 19.3 Å². The molecule has 3 N–H and O–H groups in total. The predicted octanol–water partition coefficient (Wildman–Crippen LogP) is 3.56. The minimum atomic E-state index is -0.332. The van der Waals surface area contributed by atoms with Gasteiger partial charge in [-0.15, -0.1) is 0 Å². The van der Waals surface area contributed by atoms with Gasteiger partial charge in [-0.1, -0.05) is 19.9 Å². The van der Waals surface area contributed by atoms with Gasteiger partial charge < -0.3 is 4.74 Å². The molecule has 3 nitrogen and oxygen atoms in total. The molecular formula is C16H25FN2O. The van der Waals surface area contributed by atoms with Crippen LogP contribution in [-0.4, -0.2) is 7.11 Å². The minimum absolute atomic E-state index is 0.00602. The standard InChI is InChI=1S/C16H25FN2O/c1-16(2)8-6-11(7-9-16)15(19-18)12-4-5-14(20-3)13(17)10-12/h4-5,10-11,15,19H,6-9,18H2,1-3H3. The monoisotopic (exact) mass is 280 g/mol. The van der Waals surface area contributed by atoms with Crippen LogP contribution in [0.5, 0.6) is 5.75 Å². The number of ether oxygens (including phenoxy) is 1. The van der Waals surface area contributed by atoms with E-state index in [4.69, 9.17) is 10.6 Å². The molecule has 0 saturated heterocycles. The number of hydrazine groups is 1. The lowest BCUT2D eigenvalue weighted by molar-refractivity contribution is 0.161. The Bertz CT molecular complexity index is 452. The second-order valence-corrected chi connectivity index (χ2v) is 6.54. The predicted molar refractivity (Wildman–Crippen MR) is 78.8 cm³/mol. The lowest BCUT2D eigenvalue weighted by atomic mass is 9.70. The molecule has 1 aliphatic carbocycles. The first-order valence-electron chi connectivity index (χ1n) is 7.26. The van der Waals surface area contributed by atoms with Crippen molar-refractivity contribution in [3.63, 3.8) is 0 Å². The molecule has 1 unspecified atom stereocenters. The third-order valence-electron chi connectivity index (χ3n) is 4.57. The van der Waals surface area contributed by atoms with Crippen molar-refractivity contribution in [1.29, 1.82) is 0 Å². The normalized spacial score (nSPS) is 20.6. The van der Waals surface area contributed by atoms with Crippen LogP contribution < -0.4 is 16.0 Å². The van der Waals surface area contributed by atoms with Crippen LogP contribution in [-0.2, 0) is 0 Å². The van der Waals surface area contributed by atoms with Crippen molar-refractivity contribution in [3.8, 4) is 5.75 Å². The summed E-state index contributed by atoms with van der Waals surface area (Å²) in [6.45, 7) is 4.61. The Balaban J connectivity index is 2.14. The van der Waals surface area contributed by atoms with Gasteiger partial charge in [0.25, 0.3) is 0 Å². The van der Waals surface area contributed by atoms with Gasteiger partial charge in [0.1, 0.15) is 0 Å². The van der Waals surface area contributed by atoms with E-state index in [-0.39, 0.29) is 17.6 Å². The van der Waals surface area contributed by atoms with E-state index < -0.39 is 0 Å². The van der Waals surface area contributed by atoms with Crippen molar-refractivity contribution >= 4 is 0 Å². The number of benzene rings is 1. The summed E-state index contributed by atoms with van der Waals surface area (Å²) < 4.78 is 18.8. The third kappa shape index (κ3) is 3.30. The van der Waals surface area contributed by atoms with Crippen molar-refractivity contribution in [2.45, 2.75) is 45.6 Å². The quantitative estimate of drug-likeness (QED) is 0.655. The number of rotatable bonds is 4. The Morgan fingerprint density at radius 1 is 1.35 bits per heavy atom. The summed E-state index contributed by atoms with van der Waals surface area (Å²) in [5, 5.41) is 0. The number of nitrogens with one attached hydrogen (secondary N) is 1. The second-order valence-electron chi connectivity index (χ2n) is 6.54. The topological polar surface area (TPSA) is 47.3 Å². The van der Waals surface area contributed by atoms with E-state index in [0.29, 0.717) is 11.3 Å². The van der Waals surface area contributed by atoms with Gasteiger partial charge in [-0.2, -0.15) is 0 Å². The van der Waals surface area contributed by atoms with Crippen LogP contribution in [0, 0.1) is 17.2 Å². The lowest BCUT2D eigenvalue weighted by Crippen LogP contribution is -2.36. The zero-order chi connectivity index (χ0) is 14.8. The summed E-state index contributed by atoms with van der Waals surface area (Å²) >= 11 is 0. The Labute approximate surface area is 120 Å². The highest BCUT2D eigenvalue weighted by Gasteiger charge is 2.31. The fourth-order valence-electron chi connectivity index (χ4n) is 3.14. The largest absolute Gasteiger partial charge is 0.494 e. The SMILES string of the molecule is COc1ccc(C(NN)C2CCC(C)(C)CC2)cc1F. The molecule has 0 spiro atoms. The zero-order valence-corrected chi connectivity index (χ0v) is 12.6. The lowest BCUT2D eigenvalue weighted by Gasteiger charge is -2.38. The first-order chi connectivity index (χ1) is 9.46.